The highest BCUT2D eigenvalue weighted by Crippen LogP contribution is 2.40. The van der Waals surface area contributed by atoms with Crippen molar-refractivity contribution in [3.63, 3.8) is 0 Å². The molecule has 0 aromatic heterocycles. The molecular weight excluding hydrogens is 170 g/mol. The maximum atomic E-state index is 11.1. The molecule has 1 aliphatic heterocycles. The van der Waals surface area contributed by atoms with E-state index < -0.39 is 0 Å². The largest absolute Gasteiger partial charge is 0.305 e. The van der Waals surface area contributed by atoms with E-state index in [2.05, 4.69) is 25.8 Å². The van der Waals surface area contributed by atoms with Crippen molar-refractivity contribution in [1.82, 2.24) is 0 Å². The number of rotatable bonds is 0. The van der Waals surface area contributed by atoms with Crippen molar-refractivity contribution in [3.05, 3.63) is 0 Å². The number of hydrogen-bond donors (Lipinski definition) is 0. The molecule has 12 heavy (non-hydrogen) atoms. The molecule has 0 saturated heterocycles. The van der Waals surface area contributed by atoms with Crippen LogP contribution >= 0.6 is 11.8 Å². The Hall–Kier alpha value is -0.310. The van der Waals surface area contributed by atoms with Crippen molar-refractivity contribution in [2.24, 2.45) is 10.4 Å². The molecule has 1 aliphatic rings. The van der Waals surface area contributed by atoms with Crippen molar-refractivity contribution in [1.29, 1.82) is 0 Å². The Labute approximate surface area is 77.8 Å². The van der Waals surface area contributed by atoms with E-state index in [0.29, 0.717) is 0 Å². The minimum Gasteiger partial charge on any atom is -0.259 e. The molecular formula is C9H15NOS. The molecule has 68 valence electrons. The summed E-state index contributed by atoms with van der Waals surface area (Å²) in [5.41, 5.74) is 1.01. The first-order valence-electron chi connectivity index (χ1n) is 4.06. The summed E-state index contributed by atoms with van der Waals surface area (Å²) < 4.78 is -0.116. The summed E-state index contributed by atoms with van der Waals surface area (Å²) in [5.74, 6) is 0. The summed E-state index contributed by atoms with van der Waals surface area (Å²) >= 11 is 1.32. The topological polar surface area (TPSA) is 29.4 Å². The van der Waals surface area contributed by atoms with E-state index >= 15 is 0 Å². The van der Waals surface area contributed by atoms with Crippen LogP contribution in [0.3, 0.4) is 0 Å². The smallest absolute Gasteiger partial charge is 0.259 e. The zero-order valence-electron chi connectivity index (χ0n) is 8.26. The zero-order chi connectivity index (χ0) is 9.57. The third-order valence-electron chi connectivity index (χ3n) is 1.83. The van der Waals surface area contributed by atoms with Crippen LogP contribution in [0, 0.1) is 5.41 Å². The molecule has 0 aromatic carbocycles. The predicted octanol–water partition coefficient (Wildman–Crippen LogP) is 3.12. The first-order valence-corrected chi connectivity index (χ1v) is 4.88. The van der Waals surface area contributed by atoms with Gasteiger partial charge in [-0.05, 0) is 13.8 Å². The van der Waals surface area contributed by atoms with Gasteiger partial charge < -0.3 is 0 Å². The molecule has 0 radical (unpaired) electrons. The lowest BCUT2D eigenvalue weighted by atomic mass is 9.83. The normalized spacial score (nSPS) is 22.8. The molecule has 0 fully saturated rings. The Morgan fingerprint density at radius 2 is 1.83 bits per heavy atom. The lowest BCUT2D eigenvalue weighted by Crippen LogP contribution is -2.35. The van der Waals surface area contributed by atoms with Crippen LogP contribution in [-0.4, -0.2) is 15.7 Å². The quantitative estimate of drug-likeness (QED) is 0.580. The molecule has 1 amide bonds. The summed E-state index contributed by atoms with van der Waals surface area (Å²) in [7, 11) is 0. The number of amides is 1. The Bertz CT molecular complexity index is 248. The number of aliphatic imine (C=N–C) groups is 1. The molecule has 0 aromatic rings. The number of hydrogen-bond acceptors (Lipinski definition) is 2. The second-order valence-electron chi connectivity index (χ2n) is 4.59. The van der Waals surface area contributed by atoms with Crippen LogP contribution in [0.25, 0.3) is 0 Å². The van der Waals surface area contributed by atoms with Gasteiger partial charge in [-0.15, -0.1) is 0 Å². The van der Waals surface area contributed by atoms with Crippen LogP contribution in [0.2, 0.25) is 0 Å². The zero-order valence-corrected chi connectivity index (χ0v) is 9.08. The standard InChI is InChI=1S/C9H15NOS/c1-8(2,3)6-9(4,5)12-7(11)10-6/h1-5H3. The highest BCUT2D eigenvalue weighted by Gasteiger charge is 2.41. The van der Waals surface area contributed by atoms with Gasteiger partial charge in [-0.25, -0.2) is 4.99 Å². The number of carbonyl (C=O) groups is 1. The Morgan fingerprint density at radius 1 is 1.33 bits per heavy atom. The van der Waals surface area contributed by atoms with E-state index in [-0.39, 0.29) is 15.4 Å². The molecule has 0 unspecified atom stereocenters. The van der Waals surface area contributed by atoms with Gasteiger partial charge in [0.05, 0.1) is 4.75 Å². The summed E-state index contributed by atoms with van der Waals surface area (Å²) in [6, 6.07) is 0. The molecule has 0 saturated carbocycles. The highest BCUT2D eigenvalue weighted by molar-refractivity contribution is 8.15. The van der Waals surface area contributed by atoms with Crippen molar-refractivity contribution in [3.8, 4) is 0 Å². The number of carbonyl (C=O) groups excluding carboxylic acids is 1. The predicted molar refractivity (Wildman–Crippen MR) is 54.0 cm³/mol. The monoisotopic (exact) mass is 185 g/mol. The molecule has 2 nitrogen and oxygen atoms in total. The average Bonchev–Trinajstić information content (AvgIpc) is 2.02. The van der Waals surface area contributed by atoms with E-state index in [1.54, 1.807) is 0 Å². The molecule has 1 rings (SSSR count). The van der Waals surface area contributed by atoms with E-state index in [4.69, 9.17) is 0 Å². The third-order valence-corrected chi connectivity index (χ3v) is 2.80. The van der Waals surface area contributed by atoms with Crippen molar-refractivity contribution in [2.45, 2.75) is 39.4 Å². The number of nitrogens with zero attached hydrogens (tertiary/aromatic N) is 1. The third kappa shape index (κ3) is 1.71. The molecule has 3 heteroatoms. The van der Waals surface area contributed by atoms with Gasteiger partial charge in [0.15, 0.2) is 0 Å². The summed E-state index contributed by atoms with van der Waals surface area (Å²) in [6.45, 7) is 10.4. The minimum absolute atomic E-state index is 0.00264. The molecule has 1 heterocycles. The fraction of sp³-hybridized carbons (Fsp3) is 0.778. The van der Waals surface area contributed by atoms with Crippen molar-refractivity contribution in [2.75, 3.05) is 0 Å². The van der Waals surface area contributed by atoms with Gasteiger partial charge >= 0.3 is 5.24 Å². The lowest BCUT2D eigenvalue weighted by Gasteiger charge is -2.28. The Balaban J connectivity index is 3.04. The average molecular weight is 185 g/mol. The maximum Gasteiger partial charge on any atom is 0.305 e. The van der Waals surface area contributed by atoms with Gasteiger partial charge in [0.25, 0.3) is 0 Å². The molecule has 0 aliphatic carbocycles. The van der Waals surface area contributed by atoms with Crippen molar-refractivity contribution < 1.29 is 4.79 Å². The first-order chi connectivity index (χ1) is 5.23. The van der Waals surface area contributed by atoms with Gasteiger partial charge in [0.2, 0.25) is 0 Å². The van der Waals surface area contributed by atoms with Crippen LogP contribution < -0.4 is 0 Å². The van der Waals surface area contributed by atoms with Gasteiger partial charge in [0, 0.05) is 11.1 Å². The number of thioether (sulfide) groups is 1. The fourth-order valence-electron chi connectivity index (χ4n) is 1.59. The van der Waals surface area contributed by atoms with Crippen LogP contribution in [-0.2, 0) is 0 Å². The Morgan fingerprint density at radius 3 is 2.00 bits per heavy atom. The van der Waals surface area contributed by atoms with Gasteiger partial charge in [0.1, 0.15) is 0 Å². The van der Waals surface area contributed by atoms with Crippen LogP contribution in [0.5, 0.6) is 0 Å². The van der Waals surface area contributed by atoms with Crippen LogP contribution in [0.15, 0.2) is 4.99 Å². The maximum absolute atomic E-state index is 11.1. The molecule has 0 spiro atoms. The summed E-state index contributed by atoms with van der Waals surface area (Å²) in [6.07, 6.45) is 0. The molecule has 0 N–H and O–H groups in total. The SMILES string of the molecule is CC(C)(C)C1=NC(=O)SC1(C)C. The van der Waals surface area contributed by atoms with Gasteiger partial charge in [-0.1, -0.05) is 32.5 Å². The second kappa shape index (κ2) is 2.59. The minimum atomic E-state index is -0.116. The van der Waals surface area contributed by atoms with Gasteiger partial charge in [-0.3, -0.25) is 4.79 Å². The molecule has 0 bridgehead atoms. The van der Waals surface area contributed by atoms with Crippen LogP contribution in [0.4, 0.5) is 4.79 Å². The summed E-state index contributed by atoms with van der Waals surface area (Å²) in [4.78, 5) is 15.1. The lowest BCUT2D eigenvalue weighted by molar-refractivity contribution is 0.267. The fourth-order valence-corrected chi connectivity index (χ4v) is 2.61. The highest BCUT2D eigenvalue weighted by atomic mass is 32.2. The van der Waals surface area contributed by atoms with Gasteiger partial charge in [-0.2, -0.15) is 0 Å². The van der Waals surface area contributed by atoms with E-state index in [1.165, 1.54) is 11.8 Å². The van der Waals surface area contributed by atoms with E-state index in [1.807, 2.05) is 13.8 Å². The van der Waals surface area contributed by atoms with Crippen molar-refractivity contribution >= 4 is 22.7 Å². The van der Waals surface area contributed by atoms with E-state index in [9.17, 15) is 4.79 Å². The Kier molecular flexibility index (Phi) is 2.11. The van der Waals surface area contributed by atoms with E-state index in [0.717, 1.165) is 5.71 Å². The first kappa shape index (κ1) is 9.78. The second-order valence-corrected chi connectivity index (χ2v) is 6.16. The molecule has 0 atom stereocenters. The summed E-state index contributed by atoms with van der Waals surface area (Å²) in [5, 5.41) is -0.0510. The van der Waals surface area contributed by atoms with Crippen LogP contribution in [0.1, 0.15) is 34.6 Å².